The summed E-state index contributed by atoms with van der Waals surface area (Å²) in [6.45, 7) is 2.80. The van der Waals surface area contributed by atoms with Crippen LogP contribution in [0.5, 0.6) is 0 Å². The van der Waals surface area contributed by atoms with E-state index in [4.69, 9.17) is 9.97 Å². The number of fused-ring (bicyclic) bond motifs is 1. The van der Waals surface area contributed by atoms with E-state index in [-0.39, 0.29) is 0 Å². The second-order valence-electron chi connectivity index (χ2n) is 6.89. The van der Waals surface area contributed by atoms with Crippen molar-refractivity contribution in [2.45, 2.75) is 6.92 Å². The highest BCUT2D eigenvalue weighted by Crippen LogP contribution is 2.43. The van der Waals surface area contributed by atoms with E-state index < -0.39 is 0 Å². The van der Waals surface area contributed by atoms with E-state index in [2.05, 4.69) is 77.4 Å². The maximum absolute atomic E-state index is 4.99. The third-order valence-corrected chi connectivity index (χ3v) is 5.10. The molecule has 4 heteroatoms. The Hall–Kier alpha value is -3.66. The normalized spacial score (nSPS) is 12.9. The van der Waals surface area contributed by atoms with Crippen LogP contribution in [-0.4, -0.2) is 16.6 Å². The van der Waals surface area contributed by atoms with E-state index in [1.807, 2.05) is 30.5 Å². The highest BCUT2D eigenvalue weighted by molar-refractivity contribution is 5.85. The number of anilines is 4. The average Bonchev–Trinajstić information content (AvgIpc) is 3.14. The SMILES string of the molecule is Cc1ccccc1-c1ncc2c(n1)N(c1ccccc1)CN2c1ccccc1. The van der Waals surface area contributed by atoms with Crippen LogP contribution in [0.4, 0.5) is 22.9 Å². The average molecular weight is 364 g/mol. The molecule has 3 aromatic carbocycles. The van der Waals surface area contributed by atoms with Crippen LogP contribution < -0.4 is 9.80 Å². The van der Waals surface area contributed by atoms with Crippen LogP contribution in [-0.2, 0) is 0 Å². The molecule has 5 rings (SSSR count). The van der Waals surface area contributed by atoms with E-state index in [0.29, 0.717) is 6.67 Å². The molecule has 4 nitrogen and oxygen atoms in total. The Morgan fingerprint density at radius 2 is 1.32 bits per heavy atom. The number of aromatic nitrogens is 2. The van der Waals surface area contributed by atoms with Gasteiger partial charge in [-0.25, -0.2) is 9.97 Å². The molecule has 0 saturated carbocycles. The van der Waals surface area contributed by atoms with Crippen LogP contribution in [0.2, 0.25) is 0 Å². The number of para-hydroxylation sites is 2. The van der Waals surface area contributed by atoms with Crippen molar-refractivity contribution in [3.05, 3.63) is 96.7 Å². The Kier molecular flexibility index (Phi) is 4.02. The maximum Gasteiger partial charge on any atom is 0.162 e. The Morgan fingerprint density at radius 1 is 0.714 bits per heavy atom. The molecule has 2 heterocycles. The number of hydrogen-bond donors (Lipinski definition) is 0. The highest BCUT2D eigenvalue weighted by atomic mass is 15.4. The second-order valence-corrected chi connectivity index (χ2v) is 6.89. The summed E-state index contributed by atoms with van der Waals surface area (Å²) in [6.07, 6.45) is 1.94. The molecular weight excluding hydrogens is 344 g/mol. The fourth-order valence-corrected chi connectivity index (χ4v) is 3.63. The molecule has 0 unspecified atom stereocenters. The van der Waals surface area contributed by atoms with Crippen molar-refractivity contribution in [1.82, 2.24) is 9.97 Å². The predicted octanol–water partition coefficient (Wildman–Crippen LogP) is 5.70. The lowest BCUT2D eigenvalue weighted by molar-refractivity contribution is 0.982. The van der Waals surface area contributed by atoms with Crippen molar-refractivity contribution in [2.75, 3.05) is 16.5 Å². The van der Waals surface area contributed by atoms with Gasteiger partial charge < -0.3 is 9.80 Å². The Labute approximate surface area is 164 Å². The van der Waals surface area contributed by atoms with Crippen LogP contribution >= 0.6 is 0 Å². The molecule has 4 aromatic rings. The van der Waals surface area contributed by atoms with Gasteiger partial charge in [0.05, 0.1) is 6.20 Å². The van der Waals surface area contributed by atoms with Gasteiger partial charge in [-0.15, -0.1) is 0 Å². The van der Waals surface area contributed by atoms with Crippen molar-refractivity contribution < 1.29 is 0 Å². The standard InChI is InChI=1S/C24H20N4/c1-18-10-8-9-15-21(18)23-25-16-22-24(26-23)28(20-13-6-3-7-14-20)17-27(22)19-11-4-2-5-12-19/h2-16H,17H2,1H3. The van der Waals surface area contributed by atoms with Gasteiger partial charge in [0.1, 0.15) is 12.4 Å². The lowest BCUT2D eigenvalue weighted by Gasteiger charge is -2.21. The summed E-state index contributed by atoms with van der Waals surface area (Å²) in [7, 11) is 0. The third kappa shape index (κ3) is 2.79. The number of benzene rings is 3. The van der Waals surface area contributed by atoms with Crippen LogP contribution in [0.25, 0.3) is 11.4 Å². The van der Waals surface area contributed by atoms with Crippen molar-refractivity contribution in [3.8, 4) is 11.4 Å². The van der Waals surface area contributed by atoms with E-state index >= 15 is 0 Å². The van der Waals surface area contributed by atoms with Gasteiger partial charge in [-0.1, -0.05) is 60.7 Å². The first kappa shape index (κ1) is 16.5. The molecule has 1 aromatic heterocycles. The molecule has 28 heavy (non-hydrogen) atoms. The molecule has 0 amide bonds. The minimum Gasteiger partial charge on any atom is -0.318 e. The van der Waals surface area contributed by atoms with E-state index in [1.54, 1.807) is 0 Å². The molecule has 0 aliphatic carbocycles. The molecule has 0 saturated heterocycles. The highest BCUT2D eigenvalue weighted by Gasteiger charge is 2.30. The lowest BCUT2D eigenvalue weighted by Crippen LogP contribution is -2.24. The van der Waals surface area contributed by atoms with Crippen LogP contribution in [0.1, 0.15) is 5.56 Å². The van der Waals surface area contributed by atoms with Gasteiger partial charge in [-0.3, -0.25) is 0 Å². The largest absolute Gasteiger partial charge is 0.318 e. The fourth-order valence-electron chi connectivity index (χ4n) is 3.63. The maximum atomic E-state index is 4.99. The topological polar surface area (TPSA) is 32.3 Å². The summed E-state index contributed by atoms with van der Waals surface area (Å²) >= 11 is 0. The van der Waals surface area contributed by atoms with Gasteiger partial charge in [0.25, 0.3) is 0 Å². The number of aryl methyl sites for hydroxylation is 1. The molecular formula is C24H20N4. The van der Waals surface area contributed by atoms with Gasteiger partial charge in [0.15, 0.2) is 11.6 Å². The van der Waals surface area contributed by atoms with Crippen LogP contribution in [0.15, 0.2) is 91.1 Å². The zero-order valence-corrected chi connectivity index (χ0v) is 15.7. The van der Waals surface area contributed by atoms with Crippen molar-refractivity contribution >= 4 is 22.9 Å². The molecule has 0 fully saturated rings. The summed E-state index contributed by atoms with van der Waals surface area (Å²) < 4.78 is 0. The summed E-state index contributed by atoms with van der Waals surface area (Å²) in [6, 6.07) is 29.0. The quantitative estimate of drug-likeness (QED) is 0.467. The Bertz CT molecular complexity index is 1110. The number of rotatable bonds is 3. The monoisotopic (exact) mass is 364 g/mol. The summed E-state index contributed by atoms with van der Waals surface area (Å²) in [5.74, 6) is 1.69. The Balaban J connectivity index is 1.66. The minimum absolute atomic E-state index is 0.704. The first-order chi connectivity index (χ1) is 13.8. The van der Waals surface area contributed by atoms with Gasteiger partial charge in [-0.2, -0.15) is 0 Å². The number of nitrogens with zero attached hydrogens (tertiary/aromatic N) is 4. The van der Waals surface area contributed by atoms with Gasteiger partial charge in [0.2, 0.25) is 0 Å². The molecule has 0 radical (unpaired) electrons. The van der Waals surface area contributed by atoms with E-state index in [0.717, 1.165) is 34.3 Å². The molecule has 1 aliphatic heterocycles. The number of hydrogen-bond acceptors (Lipinski definition) is 4. The van der Waals surface area contributed by atoms with Gasteiger partial charge in [0, 0.05) is 16.9 Å². The van der Waals surface area contributed by atoms with E-state index in [1.165, 1.54) is 5.56 Å². The first-order valence-electron chi connectivity index (χ1n) is 9.39. The fraction of sp³-hybridized carbons (Fsp3) is 0.0833. The lowest BCUT2D eigenvalue weighted by atomic mass is 10.1. The minimum atomic E-state index is 0.704. The molecule has 0 spiro atoms. The third-order valence-electron chi connectivity index (χ3n) is 5.10. The van der Waals surface area contributed by atoms with Crippen molar-refractivity contribution in [2.24, 2.45) is 0 Å². The van der Waals surface area contributed by atoms with E-state index in [9.17, 15) is 0 Å². The second kappa shape index (κ2) is 6.82. The molecule has 1 aliphatic rings. The smallest absolute Gasteiger partial charge is 0.162 e. The zero-order chi connectivity index (χ0) is 18.9. The summed E-state index contributed by atoms with van der Waals surface area (Å²) in [5, 5.41) is 0. The molecule has 0 N–H and O–H groups in total. The molecule has 136 valence electrons. The first-order valence-corrected chi connectivity index (χ1v) is 9.39. The van der Waals surface area contributed by atoms with Crippen LogP contribution in [0, 0.1) is 6.92 Å². The molecule has 0 bridgehead atoms. The summed E-state index contributed by atoms with van der Waals surface area (Å²) in [5.41, 5.74) is 5.52. The van der Waals surface area contributed by atoms with Gasteiger partial charge >= 0.3 is 0 Å². The van der Waals surface area contributed by atoms with Crippen molar-refractivity contribution in [1.29, 1.82) is 0 Å². The van der Waals surface area contributed by atoms with Crippen LogP contribution in [0.3, 0.4) is 0 Å². The van der Waals surface area contributed by atoms with Gasteiger partial charge in [-0.05, 0) is 36.8 Å². The zero-order valence-electron chi connectivity index (χ0n) is 15.7. The summed E-state index contributed by atoms with van der Waals surface area (Å²) in [4.78, 5) is 14.2. The predicted molar refractivity (Wildman–Crippen MR) is 114 cm³/mol. The molecule has 0 atom stereocenters. The van der Waals surface area contributed by atoms with Crippen molar-refractivity contribution in [3.63, 3.8) is 0 Å². The Morgan fingerprint density at radius 3 is 2.00 bits per heavy atom.